The summed E-state index contributed by atoms with van der Waals surface area (Å²) in [6, 6.07) is 0.0623. The predicted molar refractivity (Wildman–Crippen MR) is 64.3 cm³/mol. The Bertz CT molecular complexity index is 220. The third kappa shape index (κ3) is 3.46. The quantitative estimate of drug-likeness (QED) is 0.725. The molecular formula is C12H23N3O. The second kappa shape index (κ2) is 6.21. The highest BCUT2D eigenvalue weighted by Crippen LogP contribution is 2.07. The van der Waals surface area contributed by atoms with Gasteiger partial charge in [-0.25, -0.2) is 0 Å². The highest BCUT2D eigenvalue weighted by molar-refractivity contribution is 5.81. The molecule has 0 aromatic heterocycles. The minimum atomic E-state index is 0.0623. The van der Waals surface area contributed by atoms with Crippen molar-refractivity contribution in [1.82, 2.24) is 15.5 Å². The molecule has 0 bridgehead atoms. The molecule has 2 saturated heterocycles. The Morgan fingerprint density at radius 1 is 1.25 bits per heavy atom. The Kier molecular flexibility index (Phi) is 4.60. The van der Waals surface area contributed by atoms with Crippen molar-refractivity contribution < 1.29 is 4.79 Å². The van der Waals surface area contributed by atoms with Crippen LogP contribution in [0.25, 0.3) is 0 Å². The van der Waals surface area contributed by atoms with Crippen LogP contribution >= 0.6 is 0 Å². The smallest absolute Gasteiger partial charge is 0.237 e. The van der Waals surface area contributed by atoms with E-state index in [9.17, 15) is 4.79 Å². The van der Waals surface area contributed by atoms with Crippen LogP contribution in [0.15, 0.2) is 0 Å². The highest BCUT2D eigenvalue weighted by Gasteiger charge is 2.20. The lowest BCUT2D eigenvalue weighted by atomic mass is 10.0. The summed E-state index contributed by atoms with van der Waals surface area (Å²) in [5.41, 5.74) is 0. The molecule has 0 aromatic carbocycles. The summed E-state index contributed by atoms with van der Waals surface area (Å²) >= 11 is 0. The Balaban J connectivity index is 1.59. The lowest BCUT2D eigenvalue weighted by Gasteiger charge is -2.23. The molecule has 0 unspecified atom stereocenters. The lowest BCUT2D eigenvalue weighted by molar-refractivity contribution is -0.123. The van der Waals surface area contributed by atoms with Gasteiger partial charge in [0.05, 0.1) is 6.04 Å². The third-order valence-electron chi connectivity index (χ3n) is 3.55. The minimum Gasteiger partial charge on any atom is -0.353 e. The summed E-state index contributed by atoms with van der Waals surface area (Å²) in [6.07, 6.45) is 6.01. The number of carbonyl (C=O) groups is 1. The SMILES string of the molecule is O=C(NCCN1CCCC1)[C@@H]1CCCCN1. The summed E-state index contributed by atoms with van der Waals surface area (Å²) in [5.74, 6) is 0.193. The number of nitrogens with zero attached hydrogens (tertiary/aromatic N) is 1. The van der Waals surface area contributed by atoms with Crippen molar-refractivity contribution in [3.05, 3.63) is 0 Å². The van der Waals surface area contributed by atoms with Gasteiger partial charge in [0.2, 0.25) is 5.91 Å². The van der Waals surface area contributed by atoms with E-state index in [1.54, 1.807) is 0 Å². The van der Waals surface area contributed by atoms with Gasteiger partial charge in [0.1, 0.15) is 0 Å². The topological polar surface area (TPSA) is 44.4 Å². The first-order valence-electron chi connectivity index (χ1n) is 6.60. The number of carbonyl (C=O) groups excluding carboxylic acids is 1. The van der Waals surface area contributed by atoms with Gasteiger partial charge in [0, 0.05) is 13.1 Å². The minimum absolute atomic E-state index is 0.0623. The Morgan fingerprint density at radius 2 is 2.06 bits per heavy atom. The first-order valence-corrected chi connectivity index (χ1v) is 6.60. The van der Waals surface area contributed by atoms with E-state index in [2.05, 4.69) is 15.5 Å². The largest absolute Gasteiger partial charge is 0.353 e. The van der Waals surface area contributed by atoms with E-state index < -0.39 is 0 Å². The fourth-order valence-electron chi connectivity index (χ4n) is 2.54. The van der Waals surface area contributed by atoms with E-state index in [4.69, 9.17) is 0 Å². The van der Waals surface area contributed by atoms with Gasteiger partial charge >= 0.3 is 0 Å². The Hall–Kier alpha value is -0.610. The van der Waals surface area contributed by atoms with Crippen LogP contribution in [0.4, 0.5) is 0 Å². The van der Waals surface area contributed by atoms with Crippen LogP contribution in [-0.2, 0) is 4.79 Å². The molecule has 2 rings (SSSR count). The predicted octanol–water partition coefficient (Wildman–Crippen LogP) is 0.341. The normalized spacial score (nSPS) is 26.9. The molecule has 0 aliphatic carbocycles. The zero-order chi connectivity index (χ0) is 11.2. The molecule has 0 spiro atoms. The average Bonchev–Trinajstić information content (AvgIpc) is 2.83. The maximum Gasteiger partial charge on any atom is 0.237 e. The fraction of sp³-hybridized carbons (Fsp3) is 0.917. The van der Waals surface area contributed by atoms with E-state index in [1.807, 2.05) is 0 Å². The molecule has 1 atom stereocenters. The van der Waals surface area contributed by atoms with Gasteiger partial charge in [-0.15, -0.1) is 0 Å². The van der Waals surface area contributed by atoms with Crippen LogP contribution in [0.5, 0.6) is 0 Å². The van der Waals surface area contributed by atoms with Crippen molar-refractivity contribution in [3.63, 3.8) is 0 Å². The molecular weight excluding hydrogens is 202 g/mol. The third-order valence-corrected chi connectivity index (χ3v) is 3.55. The molecule has 2 aliphatic heterocycles. The fourth-order valence-corrected chi connectivity index (χ4v) is 2.54. The monoisotopic (exact) mass is 225 g/mol. The molecule has 0 aromatic rings. The van der Waals surface area contributed by atoms with E-state index in [0.717, 1.165) is 26.1 Å². The van der Waals surface area contributed by atoms with Crippen LogP contribution < -0.4 is 10.6 Å². The van der Waals surface area contributed by atoms with Crippen molar-refractivity contribution >= 4 is 5.91 Å². The number of rotatable bonds is 4. The van der Waals surface area contributed by atoms with Gasteiger partial charge in [0.15, 0.2) is 0 Å². The van der Waals surface area contributed by atoms with Gasteiger partial charge in [0.25, 0.3) is 0 Å². The summed E-state index contributed by atoms with van der Waals surface area (Å²) in [4.78, 5) is 14.2. The second-order valence-electron chi connectivity index (χ2n) is 4.84. The summed E-state index contributed by atoms with van der Waals surface area (Å²) < 4.78 is 0. The number of hydrogen-bond acceptors (Lipinski definition) is 3. The lowest BCUT2D eigenvalue weighted by Crippen LogP contribution is -2.48. The molecule has 4 heteroatoms. The molecule has 2 aliphatic rings. The zero-order valence-electron chi connectivity index (χ0n) is 10.0. The van der Waals surface area contributed by atoms with Gasteiger partial charge in [-0.05, 0) is 45.3 Å². The standard InChI is InChI=1S/C12H23N3O/c16-12(11-5-1-2-6-13-11)14-7-10-15-8-3-4-9-15/h11,13H,1-10H2,(H,14,16)/t11-/m0/s1. The van der Waals surface area contributed by atoms with Gasteiger partial charge < -0.3 is 15.5 Å². The summed E-state index contributed by atoms with van der Waals surface area (Å²) in [5, 5.41) is 6.31. The summed E-state index contributed by atoms with van der Waals surface area (Å²) in [6.45, 7) is 5.22. The van der Waals surface area contributed by atoms with Crippen LogP contribution in [0.1, 0.15) is 32.1 Å². The zero-order valence-corrected chi connectivity index (χ0v) is 10.0. The number of likely N-dealkylation sites (tertiary alicyclic amines) is 1. The molecule has 4 nitrogen and oxygen atoms in total. The molecule has 0 saturated carbocycles. The van der Waals surface area contributed by atoms with Crippen molar-refractivity contribution in [2.24, 2.45) is 0 Å². The molecule has 2 heterocycles. The van der Waals surface area contributed by atoms with Crippen LogP contribution in [0.3, 0.4) is 0 Å². The van der Waals surface area contributed by atoms with Gasteiger partial charge in [-0.2, -0.15) is 0 Å². The number of amides is 1. The maximum absolute atomic E-state index is 11.8. The first-order chi connectivity index (χ1) is 7.86. The molecule has 16 heavy (non-hydrogen) atoms. The number of nitrogens with one attached hydrogen (secondary N) is 2. The molecule has 2 fully saturated rings. The molecule has 0 radical (unpaired) electrons. The average molecular weight is 225 g/mol. The number of hydrogen-bond donors (Lipinski definition) is 2. The van der Waals surface area contributed by atoms with Crippen molar-refractivity contribution in [2.75, 3.05) is 32.7 Å². The van der Waals surface area contributed by atoms with Crippen molar-refractivity contribution in [3.8, 4) is 0 Å². The van der Waals surface area contributed by atoms with Crippen molar-refractivity contribution in [2.45, 2.75) is 38.1 Å². The van der Waals surface area contributed by atoms with E-state index in [0.29, 0.717) is 0 Å². The highest BCUT2D eigenvalue weighted by atomic mass is 16.2. The Morgan fingerprint density at radius 3 is 2.75 bits per heavy atom. The van der Waals surface area contributed by atoms with Crippen LogP contribution in [-0.4, -0.2) is 49.6 Å². The Labute approximate surface area is 97.8 Å². The molecule has 1 amide bonds. The first kappa shape index (κ1) is 11.9. The van der Waals surface area contributed by atoms with Gasteiger partial charge in [-0.1, -0.05) is 6.42 Å². The molecule has 92 valence electrons. The summed E-state index contributed by atoms with van der Waals surface area (Å²) in [7, 11) is 0. The van der Waals surface area contributed by atoms with E-state index in [-0.39, 0.29) is 11.9 Å². The van der Waals surface area contributed by atoms with Gasteiger partial charge in [-0.3, -0.25) is 4.79 Å². The van der Waals surface area contributed by atoms with E-state index in [1.165, 1.54) is 38.8 Å². The number of piperidine rings is 1. The molecule has 2 N–H and O–H groups in total. The van der Waals surface area contributed by atoms with Crippen molar-refractivity contribution in [1.29, 1.82) is 0 Å². The van der Waals surface area contributed by atoms with Crippen LogP contribution in [0, 0.1) is 0 Å². The van der Waals surface area contributed by atoms with Crippen LogP contribution in [0.2, 0.25) is 0 Å². The van der Waals surface area contributed by atoms with E-state index >= 15 is 0 Å². The maximum atomic E-state index is 11.8. The second-order valence-corrected chi connectivity index (χ2v) is 4.84.